The first-order chi connectivity index (χ1) is 14.3. The van der Waals surface area contributed by atoms with Gasteiger partial charge in [0.1, 0.15) is 11.6 Å². The fraction of sp³-hybridized carbons (Fsp3) is 0.440. The molecule has 0 spiro atoms. The van der Waals surface area contributed by atoms with E-state index in [2.05, 4.69) is 17.4 Å². The zero-order valence-corrected chi connectivity index (χ0v) is 16.9. The molecule has 4 rings (SSSR count). The van der Waals surface area contributed by atoms with Crippen LogP contribution in [-0.4, -0.2) is 6.36 Å². The number of fused-ring (bicyclic) bond motifs is 1. The number of halogens is 4. The van der Waals surface area contributed by atoms with Crippen LogP contribution in [0, 0.1) is 23.6 Å². The standard InChI is InChI=1S/C25H26F4O/c1-2-16-3-5-17(6-4-16)19-7-8-20-14-23(24(26)15-21(20)13-19)18-9-11-22(12-10-18)30-25(27,28)29/h2,9-12,14-17,19H,1,3-8,13H2. The van der Waals surface area contributed by atoms with Crippen LogP contribution >= 0.6 is 0 Å². The summed E-state index contributed by atoms with van der Waals surface area (Å²) in [5, 5.41) is 0. The van der Waals surface area contributed by atoms with Gasteiger partial charge in [-0.3, -0.25) is 0 Å². The largest absolute Gasteiger partial charge is 0.573 e. The van der Waals surface area contributed by atoms with Crippen LogP contribution in [0.25, 0.3) is 11.1 Å². The van der Waals surface area contributed by atoms with E-state index in [0.717, 1.165) is 30.4 Å². The molecule has 5 heteroatoms. The summed E-state index contributed by atoms with van der Waals surface area (Å²) in [4.78, 5) is 0. The molecule has 1 nitrogen and oxygen atoms in total. The van der Waals surface area contributed by atoms with E-state index in [-0.39, 0.29) is 11.6 Å². The van der Waals surface area contributed by atoms with Crippen LogP contribution in [0.1, 0.15) is 43.2 Å². The number of benzene rings is 2. The third-order valence-electron chi connectivity index (χ3n) is 6.77. The zero-order valence-electron chi connectivity index (χ0n) is 16.9. The summed E-state index contributed by atoms with van der Waals surface area (Å²) in [6.07, 6.45) is 5.15. The Hall–Kier alpha value is -2.30. The van der Waals surface area contributed by atoms with Gasteiger partial charge in [-0.25, -0.2) is 4.39 Å². The molecule has 1 atom stereocenters. The third kappa shape index (κ3) is 4.71. The molecule has 30 heavy (non-hydrogen) atoms. The fourth-order valence-electron chi connectivity index (χ4n) is 5.12. The Kier molecular flexibility index (Phi) is 5.90. The minimum atomic E-state index is -4.74. The Morgan fingerprint density at radius 2 is 1.60 bits per heavy atom. The maximum atomic E-state index is 14.9. The van der Waals surface area contributed by atoms with Crippen molar-refractivity contribution in [3.05, 3.63) is 66.0 Å². The molecule has 1 saturated carbocycles. The molecule has 2 aliphatic carbocycles. The summed E-state index contributed by atoms with van der Waals surface area (Å²) in [6, 6.07) is 8.88. The molecular weight excluding hydrogens is 392 g/mol. The average molecular weight is 418 g/mol. The quantitative estimate of drug-likeness (QED) is 0.369. The predicted octanol–water partition coefficient (Wildman–Crippen LogP) is 7.49. The monoisotopic (exact) mass is 418 g/mol. The van der Waals surface area contributed by atoms with Gasteiger partial charge in [0.15, 0.2) is 0 Å². The lowest BCUT2D eigenvalue weighted by molar-refractivity contribution is -0.274. The van der Waals surface area contributed by atoms with Crippen molar-refractivity contribution in [2.45, 2.75) is 51.3 Å². The molecule has 0 amide bonds. The Morgan fingerprint density at radius 3 is 2.23 bits per heavy atom. The van der Waals surface area contributed by atoms with Crippen molar-refractivity contribution in [2.75, 3.05) is 0 Å². The van der Waals surface area contributed by atoms with Crippen molar-refractivity contribution in [2.24, 2.45) is 17.8 Å². The number of aryl methyl sites for hydroxylation is 1. The highest BCUT2D eigenvalue weighted by atomic mass is 19.4. The summed E-state index contributed by atoms with van der Waals surface area (Å²) in [7, 11) is 0. The van der Waals surface area contributed by atoms with Gasteiger partial charge in [0, 0.05) is 5.56 Å². The number of allylic oxidation sites excluding steroid dienone is 1. The van der Waals surface area contributed by atoms with Crippen LogP contribution in [0.4, 0.5) is 17.6 Å². The second kappa shape index (κ2) is 8.44. The molecule has 1 fully saturated rings. The van der Waals surface area contributed by atoms with Crippen LogP contribution in [0.5, 0.6) is 5.75 Å². The van der Waals surface area contributed by atoms with E-state index >= 15 is 0 Å². The molecule has 0 aliphatic heterocycles. The molecule has 0 heterocycles. The maximum Gasteiger partial charge on any atom is 0.573 e. The highest BCUT2D eigenvalue weighted by molar-refractivity contribution is 5.66. The van der Waals surface area contributed by atoms with E-state index in [9.17, 15) is 17.6 Å². The number of alkyl halides is 3. The minimum absolute atomic E-state index is 0.307. The summed E-state index contributed by atoms with van der Waals surface area (Å²) < 4.78 is 55.8. The number of hydrogen-bond donors (Lipinski definition) is 0. The Balaban J connectivity index is 1.48. The highest BCUT2D eigenvalue weighted by Gasteiger charge is 2.31. The lowest BCUT2D eigenvalue weighted by Gasteiger charge is -2.36. The SMILES string of the molecule is C=CC1CCC(C2CCc3cc(-c4ccc(OC(F)(F)F)cc4)c(F)cc3C2)CC1. The lowest BCUT2D eigenvalue weighted by Crippen LogP contribution is -2.26. The Bertz CT molecular complexity index is 893. The van der Waals surface area contributed by atoms with Gasteiger partial charge in [-0.2, -0.15) is 0 Å². The van der Waals surface area contributed by atoms with Gasteiger partial charge in [0.05, 0.1) is 0 Å². The van der Waals surface area contributed by atoms with Crippen molar-refractivity contribution in [3.8, 4) is 16.9 Å². The first-order valence-corrected chi connectivity index (χ1v) is 10.6. The molecule has 0 bridgehead atoms. The summed E-state index contributed by atoms with van der Waals surface area (Å²) in [5.74, 6) is 1.32. The average Bonchev–Trinajstić information content (AvgIpc) is 2.72. The summed E-state index contributed by atoms with van der Waals surface area (Å²) in [5.41, 5.74) is 3.21. The van der Waals surface area contributed by atoms with Gasteiger partial charge in [-0.15, -0.1) is 19.8 Å². The van der Waals surface area contributed by atoms with E-state index < -0.39 is 6.36 Å². The van der Waals surface area contributed by atoms with Crippen LogP contribution < -0.4 is 4.74 Å². The molecule has 0 N–H and O–H groups in total. The number of hydrogen-bond acceptors (Lipinski definition) is 1. The number of rotatable bonds is 4. The molecular formula is C25H26F4O. The first kappa shape index (κ1) is 21.0. The van der Waals surface area contributed by atoms with Crippen molar-refractivity contribution in [1.29, 1.82) is 0 Å². The Labute approximate surface area is 174 Å². The van der Waals surface area contributed by atoms with Crippen molar-refractivity contribution >= 4 is 0 Å². The highest BCUT2D eigenvalue weighted by Crippen LogP contribution is 2.41. The molecule has 0 radical (unpaired) electrons. The van der Waals surface area contributed by atoms with Gasteiger partial charge >= 0.3 is 6.36 Å². The van der Waals surface area contributed by atoms with E-state index in [1.165, 1.54) is 49.9 Å². The van der Waals surface area contributed by atoms with Crippen molar-refractivity contribution < 1.29 is 22.3 Å². The van der Waals surface area contributed by atoms with E-state index in [1.807, 2.05) is 6.07 Å². The second-order valence-electron chi connectivity index (χ2n) is 8.59. The maximum absolute atomic E-state index is 14.9. The summed E-state index contributed by atoms with van der Waals surface area (Å²) >= 11 is 0. The third-order valence-corrected chi connectivity index (χ3v) is 6.77. The van der Waals surface area contributed by atoms with E-state index in [0.29, 0.717) is 28.9 Å². The molecule has 2 aromatic rings. The van der Waals surface area contributed by atoms with Crippen LogP contribution in [0.15, 0.2) is 49.1 Å². The molecule has 160 valence electrons. The fourth-order valence-corrected chi connectivity index (χ4v) is 5.12. The van der Waals surface area contributed by atoms with Crippen molar-refractivity contribution in [3.63, 3.8) is 0 Å². The van der Waals surface area contributed by atoms with E-state index in [4.69, 9.17) is 0 Å². The van der Waals surface area contributed by atoms with Gasteiger partial charge < -0.3 is 4.74 Å². The van der Waals surface area contributed by atoms with Crippen LogP contribution in [0.3, 0.4) is 0 Å². The molecule has 0 saturated heterocycles. The van der Waals surface area contributed by atoms with Gasteiger partial charge in [0.2, 0.25) is 0 Å². The predicted molar refractivity (Wildman–Crippen MR) is 110 cm³/mol. The summed E-state index contributed by atoms with van der Waals surface area (Å²) in [6.45, 7) is 3.92. The van der Waals surface area contributed by atoms with Gasteiger partial charge in [-0.05, 0) is 104 Å². The minimum Gasteiger partial charge on any atom is -0.406 e. The van der Waals surface area contributed by atoms with Gasteiger partial charge in [0.25, 0.3) is 0 Å². The molecule has 2 aliphatic rings. The van der Waals surface area contributed by atoms with Crippen molar-refractivity contribution in [1.82, 2.24) is 0 Å². The normalized spacial score (nSPS) is 24.2. The lowest BCUT2D eigenvalue weighted by atomic mass is 9.69. The second-order valence-corrected chi connectivity index (χ2v) is 8.59. The topological polar surface area (TPSA) is 9.23 Å². The molecule has 2 aromatic carbocycles. The molecule has 1 unspecified atom stereocenters. The first-order valence-electron chi connectivity index (χ1n) is 10.6. The number of ether oxygens (including phenoxy) is 1. The van der Waals surface area contributed by atoms with Gasteiger partial charge in [-0.1, -0.05) is 18.2 Å². The smallest absolute Gasteiger partial charge is 0.406 e. The Morgan fingerprint density at radius 1 is 0.900 bits per heavy atom. The van der Waals surface area contributed by atoms with Crippen LogP contribution in [0.2, 0.25) is 0 Å². The molecule has 0 aromatic heterocycles. The van der Waals surface area contributed by atoms with E-state index in [1.54, 1.807) is 6.07 Å². The van der Waals surface area contributed by atoms with Crippen LogP contribution in [-0.2, 0) is 12.8 Å². The zero-order chi connectivity index (χ0) is 21.3.